The first kappa shape index (κ1) is 21.2. The van der Waals surface area contributed by atoms with Gasteiger partial charge >= 0.3 is 5.69 Å². The maximum absolute atomic E-state index is 13.1. The molecule has 0 atom stereocenters. The number of aryl methyl sites for hydroxylation is 1. The number of methoxy groups -OCH3 is 2. The number of benzene rings is 1. The van der Waals surface area contributed by atoms with Crippen LogP contribution >= 0.6 is 15.9 Å². The van der Waals surface area contributed by atoms with Gasteiger partial charge in [-0.3, -0.25) is 23.3 Å². The van der Waals surface area contributed by atoms with Crippen LogP contribution in [0.4, 0.5) is 0 Å². The molecule has 0 unspecified atom stereocenters. The van der Waals surface area contributed by atoms with Gasteiger partial charge in [0.05, 0.1) is 14.2 Å². The van der Waals surface area contributed by atoms with Gasteiger partial charge in [-0.1, -0.05) is 0 Å². The van der Waals surface area contributed by atoms with E-state index in [9.17, 15) is 14.4 Å². The first-order valence-corrected chi connectivity index (χ1v) is 10.4. The summed E-state index contributed by atoms with van der Waals surface area (Å²) in [5.41, 5.74) is 1.56. The van der Waals surface area contributed by atoms with Gasteiger partial charge in [-0.2, -0.15) is 0 Å². The highest BCUT2D eigenvalue weighted by atomic mass is 79.9. The topological polar surface area (TPSA) is 101 Å². The van der Waals surface area contributed by atoms with Gasteiger partial charge in [0.25, 0.3) is 5.56 Å². The Hall–Kier alpha value is -3.08. The predicted octanol–water partition coefficient (Wildman–Crippen LogP) is 0.798. The summed E-state index contributed by atoms with van der Waals surface area (Å²) in [6, 6.07) is 3.84. The lowest BCUT2D eigenvalue weighted by molar-refractivity contribution is -0.132. The Morgan fingerprint density at radius 3 is 2.39 bits per heavy atom. The van der Waals surface area contributed by atoms with Crippen LogP contribution < -0.4 is 20.7 Å². The molecular formula is C20H22BrN5O5. The van der Waals surface area contributed by atoms with Crippen molar-refractivity contribution >= 4 is 33.0 Å². The van der Waals surface area contributed by atoms with E-state index in [4.69, 9.17) is 9.47 Å². The van der Waals surface area contributed by atoms with Gasteiger partial charge in [-0.25, -0.2) is 9.78 Å². The Kier molecular flexibility index (Phi) is 5.38. The van der Waals surface area contributed by atoms with Crippen LogP contribution in [0, 0.1) is 0 Å². The lowest BCUT2D eigenvalue weighted by Crippen LogP contribution is -2.39. The van der Waals surface area contributed by atoms with Crippen molar-refractivity contribution in [1.82, 2.24) is 23.6 Å². The molecule has 0 saturated heterocycles. The van der Waals surface area contributed by atoms with Gasteiger partial charge in [0.15, 0.2) is 27.4 Å². The number of aromatic nitrogens is 4. The zero-order valence-corrected chi connectivity index (χ0v) is 19.2. The molecule has 0 fully saturated rings. The van der Waals surface area contributed by atoms with E-state index in [1.165, 1.54) is 11.6 Å². The zero-order chi connectivity index (χ0) is 22.4. The number of ether oxygens (including phenoxy) is 2. The third-order valence-corrected chi connectivity index (χ3v) is 6.26. The molecule has 0 spiro atoms. The Morgan fingerprint density at radius 1 is 1.10 bits per heavy atom. The number of rotatable bonds is 4. The van der Waals surface area contributed by atoms with Crippen molar-refractivity contribution in [3.63, 3.8) is 0 Å². The van der Waals surface area contributed by atoms with Crippen molar-refractivity contribution in [2.75, 3.05) is 20.8 Å². The fourth-order valence-electron chi connectivity index (χ4n) is 3.93. The second-order valence-electron chi connectivity index (χ2n) is 7.39. The highest BCUT2D eigenvalue weighted by molar-refractivity contribution is 9.10. The number of hydrogen-bond donors (Lipinski definition) is 0. The summed E-state index contributed by atoms with van der Waals surface area (Å²) in [5, 5.41) is 0. The van der Waals surface area contributed by atoms with E-state index in [0.29, 0.717) is 41.4 Å². The first-order chi connectivity index (χ1) is 14.8. The van der Waals surface area contributed by atoms with Crippen molar-refractivity contribution in [2.45, 2.75) is 19.5 Å². The minimum absolute atomic E-state index is 0.0554. The van der Waals surface area contributed by atoms with Gasteiger partial charge in [0.1, 0.15) is 6.54 Å². The second kappa shape index (κ2) is 7.88. The van der Waals surface area contributed by atoms with E-state index in [1.54, 1.807) is 30.7 Å². The maximum Gasteiger partial charge on any atom is 0.332 e. The number of imidazole rings is 1. The molecule has 0 radical (unpaired) electrons. The molecule has 0 N–H and O–H groups in total. The third-order valence-electron chi connectivity index (χ3n) is 5.66. The predicted molar refractivity (Wildman–Crippen MR) is 117 cm³/mol. The van der Waals surface area contributed by atoms with E-state index >= 15 is 0 Å². The monoisotopic (exact) mass is 491 g/mol. The minimum Gasteiger partial charge on any atom is -0.493 e. The quantitative estimate of drug-likeness (QED) is 0.500. The van der Waals surface area contributed by atoms with Crippen LogP contribution in [-0.4, -0.2) is 50.3 Å². The Bertz CT molecular complexity index is 1320. The first-order valence-electron chi connectivity index (χ1n) is 9.60. The molecule has 0 saturated carbocycles. The van der Waals surface area contributed by atoms with E-state index in [1.807, 2.05) is 12.1 Å². The van der Waals surface area contributed by atoms with Crippen LogP contribution in [-0.2, 0) is 38.4 Å². The number of nitrogens with zero attached hydrogens (tertiary/aromatic N) is 5. The minimum atomic E-state index is -0.502. The van der Waals surface area contributed by atoms with Gasteiger partial charge < -0.3 is 14.4 Å². The van der Waals surface area contributed by atoms with Gasteiger partial charge in [-0.15, -0.1) is 0 Å². The molecule has 1 aliphatic rings. The molecule has 1 amide bonds. The van der Waals surface area contributed by atoms with Gasteiger partial charge in [0, 0.05) is 27.2 Å². The summed E-state index contributed by atoms with van der Waals surface area (Å²) in [5.74, 6) is 1.13. The number of fused-ring (bicyclic) bond motifs is 2. The summed E-state index contributed by atoms with van der Waals surface area (Å²) in [6.07, 6.45) is 0.687. The van der Waals surface area contributed by atoms with Crippen LogP contribution in [0.25, 0.3) is 11.2 Å². The van der Waals surface area contributed by atoms with Crippen LogP contribution in [0.2, 0.25) is 0 Å². The van der Waals surface area contributed by atoms with Crippen LogP contribution in [0.5, 0.6) is 11.5 Å². The van der Waals surface area contributed by atoms with Crippen LogP contribution in [0.15, 0.2) is 26.5 Å². The van der Waals surface area contributed by atoms with Gasteiger partial charge in [0.2, 0.25) is 5.91 Å². The Labute approximate surface area is 185 Å². The molecule has 4 rings (SSSR count). The van der Waals surface area contributed by atoms with Crippen LogP contribution in [0.1, 0.15) is 11.1 Å². The number of carbonyl (C=O) groups excluding carboxylic acids is 1. The van der Waals surface area contributed by atoms with Crippen molar-refractivity contribution < 1.29 is 14.3 Å². The largest absolute Gasteiger partial charge is 0.493 e. The molecule has 3 aromatic rings. The molecular weight excluding hydrogens is 470 g/mol. The highest BCUT2D eigenvalue weighted by Gasteiger charge is 2.25. The Morgan fingerprint density at radius 2 is 1.74 bits per heavy atom. The third kappa shape index (κ3) is 3.42. The van der Waals surface area contributed by atoms with E-state index < -0.39 is 11.2 Å². The fourth-order valence-corrected chi connectivity index (χ4v) is 4.40. The average Bonchev–Trinajstić information content (AvgIpc) is 3.10. The Balaban J connectivity index is 1.66. The zero-order valence-electron chi connectivity index (χ0n) is 17.6. The van der Waals surface area contributed by atoms with Crippen molar-refractivity contribution in [3.8, 4) is 11.5 Å². The number of hydrogen-bond acceptors (Lipinski definition) is 6. The van der Waals surface area contributed by atoms with Crippen LogP contribution in [0.3, 0.4) is 0 Å². The van der Waals surface area contributed by atoms with Gasteiger partial charge in [-0.05, 0) is 45.6 Å². The molecule has 3 heterocycles. The molecule has 2 aromatic heterocycles. The second-order valence-corrected chi connectivity index (χ2v) is 8.10. The maximum atomic E-state index is 13.1. The summed E-state index contributed by atoms with van der Waals surface area (Å²) in [6.45, 7) is 0.923. The molecule has 11 heteroatoms. The SMILES string of the molecule is COc1cc2c(cc1OC)CN(C(=O)Cn1c(Br)nc3c(=O)n(C)c(=O)n(C)c31)CC2. The van der Waals surface area contributed by atoms with Crippen molar-refractivity contribution in [2.24, 2.45) is 14.1 Å². The number of amides is 1. The molecule has 10 nitrogen and oxygen atoms in total. The summed E-state index contributed by atoms with van der Waals surface area (Å²) >= 11 is 3.33. The number of halogens is 1. The van der Waals surface area contributed by atoms with Crippen molar-refractivity contribution in [1.29, 1.82) is 0 Å². The lowest BCUT2D eigenvalue weighted by Gasteiger charge is -2.30. The molecule has 1 aliphatic heterocycles. The molecule has 164 valence electrons. The van der Waals surface area contributed by atoms with E-state index in [2.05, 4.69) is 20.9 Å². The molecule has 1 aromatic carbocycles. The lowest BCUT2D eigenvalue weighted by atomic mass is 9.98. The highest BCUT2D eigenvalue weighted by Crippen LogP contribution is 2.33. The normalized spacial score (nSPS) is 13.4. The summed E-state index contributed by atoms with van der Waals surface area (Å²) in [4.78, 5) is 43.9. The van der Waals surface area contributed by atoms with E-state index in [-0.39, 0.29) is 18.0 Å². The standard InChI is InChI=1S/C20H22BrN5O5/c1-23-17-16(18(28)24(2)20(23)29)22-19(21)26(17)10-15(27)25-6-5-11-7-13(30-3)14(31-4)8-12(11)9-25/h7-8H,5-6,9-10H2,1-4H3. The summed E-state index contributed by atoms with van der Waals surface area (Å²) < 4.78 is 14.9. The summed E-state index contributed by atoms with van der Waals surface area (Å²) in [7, 11) is 6.12. The molecule has 31 heavy (non-hydrogen) atoms. The smallest absolute Gasteiger partial charge is 0.332 e. The molecule has 0 aliphatic carbocycles. The fraction of sp³-hybridized carbons (Fsp3) is 0.400. The molecule has 0 bridgehead atoms. The van der Waals surface area contributed by atoms with E-state index in [0.717, 1.165) is 15.7 Å². The average molecular weight is 492 g/mol. The number of carbonyl (C=O) groups is 1. The van der Waals surface area contributed by atoms with Crippen molar-refractivity contribution in [3.05, 3.63) is 48.8 Å².